The average Bonchev–Trinajstić information content (AvgIpc) is 2.77. The minimum atomic E-state index is 0.800. The molecule has 0 atom stereocenters. The van der Waals surface area contributed by atoms with Crippen LogP contribution in [-0.2, 0) is 0 Å². The molecule has 0 aromatic heterocycles. The van der Waals surface area contributed by atoms with Crippen LogP contribution in [0.2, 0.25) is 0 Å². The molecule has 0 aliphatic heterocycles. The molecule has 0 saturated carbocycles. The Morgan fingerprint density at radius 2 is 1.10 bits per heavy atom. The highest BCUT2D eigenvalue weighted by molar-refractivity contribution is 6.11. The Morgan fingerprint density at radius 1 is 0.500 bits per heavy atom. The second-order valence-corrected chi connectivity index (χ2v) is 8.80. The molecule has 0 aliphatic carbocycles. The molecule has 0 N–H and O–H groups in total. The molecule has 5 aromatic rings. The van der Waals surface area contributed by atoms with Gasteiger partial charge in [0.25, 0.3) is 0 Å². The zero-order chi connectivity index (χ0) is 20.7. The number of fused-ring (bicyclic) bond motifs is 2. The van der Waals surface area contributed by atoms with Gasteiger partial charge in [-0.3, -0.25) is 4.48 Å². The van der Waals surface area contributed by atoms with E-state index in [0.717, 1.165) is 4.48 Å². The Bertz CT molecular complexity index is 1360. The number of benzene rings is 5. The zero-order valence-electron chi connectivity index (χ0n) is 17.8. The number of rotatable bonds is 3. The monoisotopic (exact) mass is 388 g/mol. The van der Waals surface area contributed by atoms with E-state index in [9.17, 15) is 0 Å². The molecule has 0 aliphatic rings. The Kier molecular flexibility index (Phi) is 4.42. The van der Waals surface area contributed by atoms with Crippen LogP contribution < -0.4 is 4.48 Å². The van der Waals surface area contributed by atoms with Gasteiger partial charge in [-0.2, -0.15) is 0 Å². The standard InChI is InChI=1S/C29H26N/c1-30(2,3)24-15-6-14-23(20-24)26-17-8-12-22-13-9-19-28(29(22)26)27-18-7-11-21-10-4-5-16-25(21)27/h4-20H,1-3H3/q+1. The van der Waals surface area contributed by atoms with E-state index >= 15 is 0 Å². The predicted octanol–water partition coefficient (Wildman–Crippen LogP) is 7.52. The molecule has 1 nitrogen and oxygen atoms in total. The van der Waals surface area contributed by atoms with Crippen LogP contribution in [0.3, 0.4) is 0 Å². The van der Waals surface area contributed by atoms with Crippen molar-refractivity contribution in [3.63, 3.8) is 0 Å². The third kappa shape index (κ3) is 3.18. The third-order valence-electron chi connectivity index (χ3n) is 5.92. The van der Waals surface area contributed by atoms with Gasteiger partial charge in [-0.15, -0.1) is 0 Å². The molecule has 5 aromatic carbocycles. The Labute approximate surface area is 178 Å². The maximum absolute atomic E-state index is 2.33. The summed E-state index contributed by atoms with van der Waals surface area (Å²) in [7, 11) is 6.64. The van der Waals surface area contributed by atoms with Crippen LogP contribution in [0.5, 0.6) is 0 Å². The highest BCUT2D eigenvalue weighted by Gasteiger charge is 2.16. The summed E-state index contributed by atoms with van der Waals surface area (Å²) in [6, 6.07) is 37.5. The van der Waals surface area contributed by atoms with Gasteiger partial charge in [0.15, 0.2) is 0 Å². The number of hydrogen-bond donors (Lipinski definition) is 0. The van der Waals surface area contributed by atoms with E-state index in [4.69, 9.17) is 0 Å². The lowest BCUT2D eigenvalue weighted by molar-refractivity contribution is 0.486. The van der Waals surface area contributed by atoms with Crippen molar-refractivity contribution in [3.8, 4) is 22.3 Å². The van der Waals surface area contributed by atoms with Crippen LogP contribution in [0, 0.1) is 0 Å². The normalized spacial score (nSPS) is 11.8. The van der Waals surface area contributed by atoms with Gasteiger partial charge in [-0.05, 0) is 49.9 Å². The molecule has 0 fully saturated rings. The fourth-order valence-electron chi connectivity index (χ4n) is 4.36. The van der Waals surface area contributed by atoms with Crippen molar-refractivity contribution >= 4 is 27.2 Å². The molecule has 0 saturated heterocycles. The zero-order valence-corrected chi connectivity index (χ0v) is 17.8. The van der Waals surface area contributed by atoms with E-state index in [-0.39, 0.29) is 0 Å². The minimum absolute atomic E-state index is 0.800. The Hall–Kier alpha value is -3.42. The van der Waals surface area contributed by atoms with Gasteiger partial charge in [0.1, 0.15) is 5.69 Å². The molecular formula is C29H26N+. The first kappa shape index (κ1) is 18.6. The Morgan fingerprint density at radius 3 is 1.87 bits per heavy atom. The third-order valence-corrected chi connectivity index (χ3v) is 5.92. The lowest BCUT2D eigenvalue weighted by Crippen LogP contribution is -2.34. The fraction of sp³-hybridized carbons (Fsp3) is 0.103. The van der Waals surface area contributed by atoms with Crippen LogP contribution in [-0.4, -0.2) is 21.1 Å². The van der Waals surface area contributed by atoms with Crippen molar-refractivity contribution in [1.29, 1.82) is 0 Å². The van der Waals surface area contributed by atoms with Crippen LogP contribution >= 0.6 is 0 Å². The van der Waals surface area contributed by atoms with Gasteiger partial charge >= 0.3 is 0 Å². The van der Waals surface area contributed by atoms with Crippen LogP contribution in [0.15, 0.2) is 103 Å². The number of hydrogen-bond acceptors (Lipinski definition) is 0. The molecule has 0 unspecified atom stereocenters. The lowest BCUT2D eigenvalue weighted by atomic mass is 9.89. The van der Waals surface area contributed by atoms with E-state index in [1.807, 2.05) is 0 Å². The molecule has 30 heavy (non-hydrogen) atoms. The summed E-state index contributed by atoms with van der Waals surface area (Å²) in [5.74, 6) is 0. The van der Waals surface area contributed by atoms with Gasteiger partial charge in [0.05, 0.1) is 21.1 Å². The highest BCUT2D eigenvalue weighted by atomic mass is 15.3. The molecule has 146 valence electrons. The fourth-order valence-corrected chi connectivity index (χ4v) is 4.36. The van der Waals surface area contributed by atoms with Crippen molar-refractivity contribution in [3.05, 3.63) is 103 Å². The van der Waals surface area contributed by atoms with E-state index < -0.39 is 0 Å². The van der Waals surface area contributed by atoms with Gasteiger partial charge in [-0.1, -0.05) is 91.0 Å². The summed E-state index contributed by atoms with van der Waals surface area (Å²) in [5, 5.41) is 5.16. The van der Waals surface area contributed by atoms with Gasteiger partial charge in [0.2, 0.25) is 0 Å². The second-order valence-electron chi connectivity index (χ2n) is 8.80. The van der Waals surface area contributed by atoms with Crippen LogP contribution in [0.4, 0.5) is 5.69 Å². The first-order valence-corrected chi connectivity index (χ1v) is 10.4. The van der Waals surface area contributed by atoms with Gasteiger partial charge in [0, 0.05) is 6.07 Å². The molecule has 1 heteroatoms. The smallest absolute Gasteiger partial charge is 0.132 e. The summed E-state index contributed by atoms with van der Waals surface area (Å²) in [5.41, 5.74) is 6.42. The molecule has 0 radical (unpaired) electrons. The molecule has 5 rings (SSSR count). The maximum Gasteiger partial charge on any atom is 0.132 e. The summed E-state index contributed by atoms with van der Waals surface area (Å²) in [4.78, 5) is 0. The van der Waals surface area contributed by atoms with E-state index in [2.05, 4.69) is 124 Å². The van der Waals surface area contributed by atoms with Crippen molar-refractivity contribution in [2.24, 2.45) is 0 Å². The first-order valence-electron chi connectivity index (χ1n) is 10.4. The highest BCUT2D eigenvalue weighted by Crippen LogP contribution is 2.39. The lowest BCUT2D eigenvalue weighted by Gasteiger charge is -2.24. The summed E-state index contributed by atoms with van der Waals surface area (Å²) >= 11 is 0. The SMILES string of the molecule is C[N+](C)(C)c1cccc(-c2cccc3cccc(-c4cccc5ccccc45)c23)c1. The van der Waals surface area contributed by atoms with Crippen LogP contribution in [0.25, 0.3) is 43.8 Å². The number of nitrogens with zero attached hydrogens (tertiary/aromatic N) is 1. The van der Waals surface area contributed by atoms with Crippen molar-refractivity contribution in [2.45, 2.75) is 0 Å². The molecule has 0 heterocycles. The number of quaternary nitrogens is 1. The Balaban J connectivity index is 1.83. The quantitative estimate of drug-likeness (QED) is 0.280. The second kappa shape index (κ2) is 7.12. The first-order chi connectivity index (χ1) is 14.5. The van der Waals surface area contributed by atoms with Crippen molar-refractivity contribution in [1.82, 2.24) is 4.48 Å². The summed E-state index contributed by atoms with van der Waals surface area (Å²) < 4.78 is 0.800. The average molecular weight is 389 g/mol. The molecule has 0 spiro atoms. The van der Waals surface area contributed by atoms with Gasteiger partial charge in [-0.25, -0.2) is 0 Å². The summed E-state index contributed by atoms with van der Waals surface area (Å²) in [6.45, 7) is 0. The molecule has 0 amide bonds. The largest absolute Gasteiger partial charge is 0.298 e. The van der Waals surface area contributed by atoms with E-state index in [1.54, 1.807) is 0 Å². The van der Waals surface area contributed by atoms with Crippen LogP contribution in [0.1, 0.15) is 0 Å². The molecule has 0 bridgehead atoms. The van der Waals surface area contributed by atoms with Crippen molar-refractivity contribution in [2.75, 3.05) is 21.1 Å². The predicted molar refractivity (Wildman–Crippen MR) is 132 cm³/mol. The van der Waals surface area contributed by atoms with Gasteiger partial charge < -0.3 is 0 Å². The minimum Gasteiger partial charge on any atom is -0.298 e. The van der Waals surface area contributed by atoms with E-state index in [0.29, 0.717) is 0 Å². The van der Waals surface area contributed by atoms with E-state index in [1.165, 1.54) is 49.5 Å². The molecular weight excluding hydrogens is 362 g/mol. The van der Waals surface area contributed by atoms with Crippen molar-refractivity contribution < 1.29 is 0 Å². The topological polar surface area (TPSA) is 0 Å². The maximum atomic E-state index is 2.33. The summed E-state index contributed by atoms with van der Waals surface area (Å²) in [6.07, 6.45) is 0.